The summed E-state index contributed by atoms with van der Waals surface area (Å²) in [4.78, 5) is 8.58. The topological polar surface area (TPSA) is 37.8 Å². The molecule has 2 heterocycles. The van der Waals surface area contributed by atoms with Crippen LogP contribution in [0.3, 0.4) is 0 Å². The number of hydrogen-bond donors (Lipinski definition) is 1. The van der Waals surface area contributed by atoms with Crippen molar-refractivity contribution in [1.29, 1.82) is 0 Å². The molecule has 0 aliphatic rings. The molecule has 84 valence electrons. The van der Waals surface area contributed by atoms with Crippen LogP contribution in [0.2, 0.25) is 0 Å². The minimum Gasteiger partial charge on any atom is -0.332 e. The first-order chi connectivity index (χ1) is 8.31. The van der Waals surface area contributed by atoms with E-state index in [0.29, 0.717) is 0 Å². The third kappa shape index (κ3) is 2.30. The number of hydrogen-bond acceptors (Lipinski definition) is 4. The number of fused-ring (bicyclic) bond motifs is 1. The van der Waals surface area contributed by atoms with Gasteiger partial charge in [0.15, 0.2) is 5.13 Å². The molecule has 3 nitrogen and oxygen atoms in total. The van der Waals surface area contributed by atoms with E-state index in [4.69, 9.17) is 0 Å². The fourth-order valence-electron chi connectivity index (χ4n) is 1.59. The molecular formula is C12H8BrN3S. The predicted octanol–water partition coefficient (Wildman–Crippen LogP) is 4.20. The SMILES string of the molecule is Brc1csc(Nc2ccc3ncccc3c2)n1. The Labute approximate surface area is 111 Å². The molecule has 1 N–H and O–H groups in total. The van der Waals surface area contributed by atoms with Crippen molar-refractivity contribution in [1.82, 2.24) is 9.97 Å². The van der Waals surface area contributed by atoms with Crippen molar-refractivity contribution in [2.75, 3.05) is 5.32 Å². The second kappa shape index (κ2) is 4.43. The zero-order valence-electron chi connectivity index (χ0n) is 8.72. The minimum atomic E-state index is 0.854. The van der Waals surface area contributed by atoms with Crippen molar-refractivity contribution < 1.29 is 0 Å². The van der Waals surface area contributed by atoms with Crippen LogP contribution in [0.4, 0.5) is 10.8 Å². The number of halogens is 1. The van der Waals surface area contributed by atoms with Gasteiger partial charge in [-0.25, -0.2) is 4.98 Å². The Balaban J connectivity index is 1.95. The fraction of sp³-hybridized carbons (Fsp3) is 0. The lowest BCUT2D eigenvalue weighted by atomic mass is 10.2. The van der Waals surface area contributed by atoms with Crippen LogP contribution in [0.25, 0.3) is 10.9 Å². The molecule has 0 spiro atoms. The van der Waals surface area contributed by atoms with Crippen molar-refractivity contribution >= 4 is 49.0 Å². The summed E-state index contributed by atoms with van der Waals surface area (Å²) in [6.07, 6.45) is 1.80. The van der Waals surface area contributed by atoms with E-state index in [1.807, 2.05) is 29.6 Å². The Hall–Kier alpha value is -1.46. The molecule has 2 aromatic heterocycles. The molecule has 5 heteroatoms. The molecule has 0 radical (unpaired) electrons. The third-order valence-corrected chi connectivity index (χ3v) is 3.80. The molecule has 3 rings (SSSR count). The summed E-state index contributed by atoms with van der Waals surface area (Å²) >= 11 is 4.90. The number of benzene rings is 1. The summed E-state index contributed by atoms with van der Waals surface area (Å²) in [7, 11) is 0. The molecule has 0 saturated carbocycles. The maximum absolute atomic E-state index is 4.29. The average Bonchev–Trinajstić information content (AvgIpc) is 2.75. The lowest BCUT2D eigenvalue weighted by molar-refractivity contribution is 1.34. The molecule has 0 saturated heterocycles. The highest BCUT2D eigenvalue weighted by atomic mass is 79.9. The van der Waals surface area contributed by atoms with Crippen molar-refractivity contribution in [3.05, 3.63) is 46.5 Å². The Morgan fingerprint density at radius 1 is 1.24 bits per heavy atom. The quantitative estimate of drug-likeness (QED) is 0.771. The Morgan fingerprint density at radius 3 is 3.00 bits per heavy atom. The molecule has 17 heavy (non-hydrogen) atoms. The number of nitrogens with zero attached hydrogens (tertiary/aromatic N) is 2. The van der Waals surface area contributed by atoms with Crippen LogP contribution in [-0.4, -0.2) is 9.97 Å². The summed E-state index contributed by atoms with van der Waals surface area (Å²) in [6, 6.07) is 10.1. The monoisotopic (exact) mass is 305 g/mol. The molecule has 0 bridgehead atoms. The second-order valence-corrected chi connectivity index (χ2v) is 5.18. The van der Waals surface area contributed by atoms with Gasteiger partial charge in [-0.2, -0.15) is 0 Å². The lowest BCUT2D eigenvalue weighted by Crippen LogP contribution is -1.89. The van der Waals surface area contributed by atoms with Crippen molar-refractivity contribution in [3.63, 3.8) is 0 Å². The smallest absolute Gasteiger partial charge is 0.188 e. The van der Waals surface area contributed by atoms with E-state index in [2.05, 4.69) is 37.3 Å². The molecule has 0 amide bonds. The van der Waals surface area contributed by atoms with Gasteiger partial charge in [0.1, 0.15) is 4.60 Å². The highest BCUT2D eigenvalue weighted by Gasteiger charge is 2.01. The number of pyridine rings is 1. The van der Waals surface area contributed by atoms with E-state index in [1.165, 1.54) is 0 Å². The standard InChI is InChI=1S/C12H8BrN3S/c13-11-7-17-12(16-11)15-9-3-4-10-8(6-9)2-1-5-14-10/h1-7H,(H,15,16). The third-order valence-electron chi connectivity index (χ3n) is 2.33. The van der Waals surface area contributed by atoms with Gasteiger partial charge in [0, 0.05) is 22.7 Å². The van der Waals surface area contributed by atoms with Crippen LogP contribution in [-0.2, 0) is 0 Å². The van der Waals surface area contributed by atoms with Gasteiger partial charge in [-0.15, -0.1) is 11.3 Å². The van der Waals surface area contributed by atoms with E-state index in [1.54, 1.807) is 17.5 Å². The van der Waals surface area contributed by atoms with Gasteiger partial charge in [0.2, 0.25) is 0 Å². The number of thiazole rings is 1. The van der Waals surface area contributed by atoms with Gasteiger partial charge in [-0.1, -0.05) is 6.07 Å². The maximum atomic E-state index is 4.29. The summed E-state index contributed by atoms with van der Waals surface area (Å²) in [5.74, 6) is 0. The van der Waals surface area contributed by atoms with Crippen LogP contribution < -0.4 is 5.32 Å². The molecule has 0 fully saturated rings. The zero-order valence-corrected chi connectivity index (χ0v) is 11.1. The first-order valence-corrected chi connectivity index (χ1v) is 6.71. The fourth-order valence-corrected chi connectivity index (χ4v) is 2.75. The van der Waals surface area contributed by atoms with Gasteiger partial charge >= 0.3 is 0 Å². The van der Waals surface area contributed by atoms with Gasteiger partial charge in [0.25, 0.3) is 0 Å². The predicted molar refractivity (Wildman–Crippen MR) is 74.8 cm³/mol. The van der Waals surface area contributed by atoms with Crippen LogP contribution in [0.1, 0.15) is 0 Å². The Morgan fingerprint density at radius 2 is 2.18 bits per heavy atom. The summed E-state index contributed by atoms with van der Waals surface area (Å²) in [6.45, 7) is 0. The number of rotatable bonds is 2. The summed E-state index contributed by atoms with van der Waals surface area (Å²) in [5, 5.41) is 7.21. The largest absolute Gasteiger partial charge is 0.332 e. The Kier molecular flexibility index (Phi) is 2.78. The molecule has 3 aromatic rings. The van der Waals surface area contributed by atoms with Crippen molar-refractivity contribution in [2.45, 2.75) is 0 Å². The first-order valence-electron chi connectivity index (χ1n) is 5.04. The zero-order chi connectivity index (χ0) is 11.7. The molecule has 0 aliphatic carbocycles. The van der Waals surface area contributed by atoms with Crippen LogP contribution in [0.5, 0.6) is 0 Å². The van der Waals surface area contributed by atoms with E-state index >= 15 is 0 Å². The maximum Gasteiger partial charge on any atom is 0.188 e. The van der Waals surface area contributed by atoms with Gasteiger partial charge < -0.3 is 5.32 Å². The van der Waals surface area contributed by atoms with Crippen molar-refractivity contribution in [2.24, 2.45) is 0 Å². The van der Waals surface area contributed by atoms with Gasteiger partial charge in [-0.05, 0) is 40.2 Å². The average molecular weight is 306 g/mol. The molecule has 0 atom stereocenters. The minimum absolute atomic E-state index is 0.854. The van der Waals surface area contributed by atoms with Gasteiger partial charge in [-0.3, -0.25) is 4.98 Å². The van der Waals surface area contributed by atoms with Crippen LogP contribution in [0, 0.1) is 0 Å². The molecule has 0 unspecified atom stereocenters. The highest BCUT2D eigenvalue weighted by molar-refractivity contribution is 9.10. The Bertz CT molecular complexity index is 665. The van der Waals surface area contributed by atoms with E-state index in [-0.39, 0.29) is 0 Å². The molecule has 0 aliphatic heterocycles. The number of aromatic nitrogens is 2. The molecule has 1 aromatic carbocycles. The van der Waals surface area contributed by atoms with Crippen LogP contribution in [0.15, 0.2) is 46.5 Å². The molecular weight excluding hydrogens is 298 g/mol. The van der Waals surface area contributed by atoms with Crippen molar-refractivity contribution in [3.8, 4) is 0 Å². The van der Waals surface area contributed by atoms with E-state index in [9.17, 15) is 0 Å². The number of nitrogens with one attached hydrogen (secondary N) is 1. The number of anilines is 2. The highest BCUT2D eigenvalue weighted by Crippen LogP contribution is 2.25. The lowest BCUT2D eigenvalue weighted by Gasteiger charge is -2.03. The summed E-state index contributed by atoms with van der Waals surface area (Å²) < 4.78 is 0.854. The van der Waals surface area contributed by atoms with Gasteiger partial charge in [0.05, 0.1) is 5.52 Å². The normalized spacial score (nSPS) is 10.6. The first kappa shape index (κ1) is 10.7. The van der Waals surface area contributed by atoms with E-state index < -0.39 is 0 Å². The van der Waals surface area contributed by atoms with Crippen LogP contribution >= 0.6 is 27.3 Å². The summed E-state index contributed by atoms with van der Waals surface area (Å²) in [5.41, 5.74) is 2.02. The van der Waals surface area contributed by atoms with E-state index in [0.717, 1.165) is 26.3 Å². The second-order valence-electron chi connectivity index (χ2n) is 3.51.